The van der Waals surface area contributed by atoms with Crippen molar-refractivity contribution < 1.29 is 9.90 Å². The van der Waals surface area contributed by atoms with Gasteiger partial charge < -0.3 is 20.7 Å². The molecule has 0 saturated carbocycles. The fourth-order valence-electron chi connectivity index (χ4n) is 1.67. The summed E-state index contributed by atoms with van der Waals surface area (Å²) in [5.74, 6) is 0.152. The Labute approximate surface area is 102 Å². The topological polar surface area (TPSA) is 80.3 Å². The normalized spacial score (nSPS) is 12.4. The molecule has 1 atom stereocenters. The molecule has 1 aromatic heterocycles. The molecule has 0 spiro atoms. The van der Waals surface area contributed by atoms with Crippen molar-refractivity contribution in [2.45, 2.75) is 26.8 Å². The number of aromatic nitrogens is 1. The van der Waals surface area contributed by atoms with Gasteiger partial charge in [-0.25, -0.2) is 0 Å². The minimum Gasteiger partial charge on any atom is -0.397 e. The molecule has 1 unspecified atom stereocenters. The van der Waals surface area contributed by atoms with E-state index in [1.807, 2.05) is 18.4 Å². The number of hydrogen-bond donors (Lipinski definition) is 3. The molecule has 1 aromatic rings. The summed E-state index contributed by atoms with van der Waals surface area (Å²) in [5, 5.41) is 11.6. The van der Waals surface area contributed by atoms with Crippen LogP contribution in [0.1, 0.15) is 30.8 Å². The summed E-state index contributed by atoms with van der Waals surface area (Å²) in [4.78, 5) is 11.9. The summed E-state index contributed by atoms with van der Waals surface area (Å²) in [6.07, 6.45) is 2.45. The first-order valence-corrected chi connectivity index (χ1v) is 5.93. The molecule has 4 N–H and O–H groups in total. The lowest BCUT2D eigenvalue weighted by atomic mass is 10.1. The molecule has 0 bridgehead atoms. The van der Waals surface area contributed by atoms with E-state index >= 15 is 0 Å². The van der Waals surface area contributed by atoms with Gasteiger partial charge in [0.15, 0.2) is 0 Å². The fraction of sp³-hybridized carbons (Fsp3) is 0.583. The Bertz CT molecular complexity index is 374. The number of amides is 1. The molecule has 1 rings (SSSR count). The third-order valence-electron chi connectivity index (χ3n) is 2.72. The van der Waals surface area contributed by atoms with Gasteiger partial charge in [-0.3, -0.25) is 4.79 Å². The third kappa shape index (κ3) is 3.78. The van der Waals surface area contributed by atoms with E-state index in [9.17, 15) is 4.79 Å². The zero-order chi connectivity index (χ0) is 12.8. The highest BCUT2D eigenvalue weighted by Crippen LogP contribution is 2.10. The van der Waals surface area contributed by atoms with Crippen molar-refractivity contribution in [3.05, 3.63) is 18.0 Å². The molecule has 0 aromatic carbocycles. The number of nitrogen functional groups attached to an aromatic ring is 1. The summed E-state index contributed by atoms with van der Waals surface area (Å²) >= 11 is 0. The minimum atomic E-state index is -0.117. The zero-order valence-corrected chi connectivity index (χ0v) is 10.4. The van der Waals surface area contributed by atoms with Gasteiger partial charge in [-0.15, -0.1) is 0 Å². The Kier molecular flexibility index (Phi) is 5.03. The number of aryl methyl sites for hydroxylation is 1. The molecule has 96 valence electrons. The lowest BCUT2D eigenvalue weighted by Crippen LogP contribution is -2.30. The molecule has 0 fully saturated rings. The van der Waals surface area contributed by atoms with Gasteiger partial charge in [0.05, 0.1) is 5.69 Å². The second kappa shape index (κ2) is 6.30. The maximum atomic E-state index is 11.9. The van der Waals surface area contributed by atoms with Gasteiger partial charge in [0.1, 0.15) is 5.69 Å². The van der Waals surface area contributed by atoms with Crippen LogP contribution in [0.4, 0.5) is 5.69 Å². The maximum absolute atomic E-state index is 11.9. The number of nitrogens with one attached hydrogen (secondary N) is 1. The maximum Gasteiger partial charge on any atom is 0.267 e. The van der Waals surface area contributed by atoms with E-state index in [4.69, 9.17) is 10.8 Å². The molecule has 1 heterocycles. The molecule has 5 nitrogen and oxygen atoms in total. The van der Waals surface area contributed by atoms with Crippen LogP contribution in [0.25, 0.3) is 0 Å². The van der Waals surface area contributed by atoms with E-state index in [2.05, 4.69) is 5.32 Å². The molecule has 0 aliphatic heterocycles. The monoisotopic (exact) mass is 239 g/mol. The highest BCUT2D eigenvalue weighted by Gasteiger charge is 2.12. The van der Waals surface area contributed by atoms with Crippen LogP contribution in [0.5, 0.6) is 0 Å². The van der Waals surface area contributed by atoms with Gasteiger partial charge in [0.2, 0.25) is 0 Å². The van der Waals surface area contributed by atoms with Crippen molar-refractivity contribution in [3.63, 3.8) is 0 Å². The minimum absolute atomic E-state index is 0.117. The number of aliphatic hydroxyl groups excluding tert-OH is 1. The van der Waals surface area contributed by atoms with Crippen LogP contribution >= 0.6 is 0 Å². The van der Waals surface area contributed by atoms with Gasteiger partial charge in [-0.1, -0.05) is 6.92 Å². The molecule has 5 heteroatoms. The summed E-state index contributed by atoms with van der Waals surface area (Å²) in [7, 11) is 0. The number of aliphatic hydroxyl groups is 1. The average molecular weight is 239 g/mol. The molecule has 0 radical (unpaired) electrons. The second-order valence-corrected chi connectivity index (χ2v) is 4.27. The fourth-order valence-corrected chi connectivity index (χ4v) is 1.67. The van der Waals surface area contributed by atoms with Gasteiger partial charge in [-0.2, -0.15) is 0 Å². The van der Waals surface area contributed by atoms with E-state index in [1.54, 1.807) is 12.3 Å². The van der Waals surface area contributed by atoms with Crippen LogP contribution in [-0.2, 0) is 6.54 Å². The molecule has 1 amide bonds. The highest BCUT2D eigenvalue weighted by atomic mass is 16.3. The lowest BCUT2D eigenvalue weighted by molar-refractivity contribution is 0.0936. The quantitative estimate of drug-likeness (QED) is 0.688. The predicted octanol–water partition coefficient (Wildman–Crippen LogP) is 0.838. The summed E-state index contributed by atoms with van der Waals surface area (Å²) in [5.41, 5.74) is 6.84. The molecule has 0 saturated heterocycles. The first-order valence-electron chi connectivity index (χ1n) is 5.93. The van der Waals surface area contributed by atoms with Crippen molar-refractivity contribution in [3.8, 4) is 0 Å². The van der Waals surface area contributed by atoms with Crippen molar-refractivity contribution >= 4 is 11.6 Å². The average Bonchev–Trinajstić information content (AvgIpc) is 2.68. The van der Waals surface area contributed by atoms with E-state index in [1.165, 1.54) is 0 Å². The SMILES string of the molecule is CCn1cc(N)cc1C(=O)NCC(C)CCO. The molecular formula is C12H21N3O2. The van der Waals surface area contributed by atoms with E-state index in [0.29, 0.717) is 30.9 Å². The van der Waals surface area contributed by atoms with Crippen LogP contribution in [0.2, 0.25) is 0 Å². The van der Waals surface area contributed by atoms with Crippen molar-refractivity contribution in [2.75, 3.05) is 18.9 Å². The summed E-state index contributed by atoms with van der Waals surface area (Å²) < 4.78 is 1.82. The van der Waals surface area contributed by atoms with Crippen molar-refractivity contribution in [1.29, 1.82) is 0 Å². The van der Waals surface area contributed by atoms with Crippen LogP contribution < -0.4 is 11.1 Å². The first kappa shape index (κ1) is 13.6. The molecule has 0 aliphatic carbocycles. The standard InChI is InChI=1S/C12H21N3O2/c1-3-15-8-10(13)6-11(15)12(17)14-7-9(2)4-5-16/h6,8-9,16H,3-5,7,13H2,1-2H3,(H,14,17). The number of rotatable bonds is 6. The van der Waals surface area contributed by atoms with Crippen molar-refractivity contribution in [2.24, 2.45) is 5.92 Å². The van der Waals surface area contributed by atoms with E-state index in [-0.39, 0.29) is 18.4 Å². The first-order chi connectivity index (χ1) is 8.08. The molecular weight excluding hydrogens is 218 g/mol. The Morgan fingerprint density at radius 2 is 2.35 bits per heavy atom. The van der Waals surface area contributed by atoms with Crippen LogP contribution in [0.15, 0.2) is 12.3 Å². The zero-order valence-electron chi connectivity index (χ0n) is 10.4. The number of carbonyl (C=O) groups is 1. The highest BCUT2D eigenvalue weighted by molar-refractivity contribution is 5.93. The second-order valence-electron chi connectivity index (χ2n) is 4.27. The Hall–Kier alpha value is -1.49. The number of nitrogens with zero attached hydrogens (tertiary/aromatic N) is 1. The Morgan fingerprint density at radius 3 is 2.94 bits per heavy atom. The predicted molar refractivity (Wildman–Crippen MR) is 67.7 cm³/mol. The smallest absolute Gasteiger partial charge is 0.267 e. The summed E-state index contributed by atoms with van der Waals surface area (Å²) in [6.45, 7) is 5.38. The van der Waals surface area contributed by atoms with Gasteiger partial charge in [0, 0.05) is 25.9 Å². The third-order valence-corrected chi connectivity index (χ3v) is 2.72. The van der Waals surface area contributed by atoms with Gasteiger partial charge >= 0.3 is 0 Å². The molecule has 0 aliphatic rings. The number of hydrogen-bond acceptors (Lipinski definition) is 3. The van der Waals surface area contributed by atoms with E-state index < -0.39 is 0 Å². The Morgan fingerprint density at radius 1 is 1.65 bits per heavy atom. The van der Waals surface area contributed by atoms with Crippen LogP contribution in [0.3, 0.4) is 0 Å². The molecule has 17 heavy (non-hydrogen) atoms. The van der Waals surface area contributed by atoms with Gasteiger partial charge in [0.25, 0.3) is 5.91 Å². The Balaban J connectivity index is 2.57. The number of carbonyl (C=O) groups excluding carboxylic acids is 1. The lowest BCUT2D eigenvalue weighted by Gasteiger charge is -2.12. The summed E-state index contributed by atoms with van der Waals surface area (Å²) in [6, 6.07) is 1.68. The largest absolute Gasteiger partial charge is 0.397 e. The number of nitrogens with two attached hydrogens (primary N) is 1. The van der Waals surface area contributed by atoms with Crippen LogP contribution in [0, 0.1) is 5.92 Å². The van der Waals surface area contributed by atoms with E-state index in [0.717, 1.165) is 0 Å². The number of anilines is 1. The van der Waals surface area contributed by atoms with Gasteiger partial charge in [-0.05, 0) is 25.3 Å². The van der Waals surface area contributed by atoms with Crippen LogP contribution in [-0.4, -0.2) is 28.7 Å². The van der Waals surface area contributed by atoms with Crippen molar-refractivity contribution in [1.82, 2.24) is 9.88 Å².